The van der Waals surface area contributed by atoms with Gasteiger partial charge in [0, 0.05) is 27.8 Å². The minimum Gasteiger partial charge on any atom is -0.338 e. The lowest BCUT2D eigenvalue weighted by Crippen LogP contribution is -2.24. The second-order valence-corrected chi connectivity index (χ2v) is 6.81. The number of benzene rings is 2. The number of nitrogens with zero attached hydrogens (tertiary/aromatic N) is 2. The van der Waals surface area contributed by atoms with Crippen molar-refractivity contribution in [2.75, 3.05) is 7.05 Å². The molecule has 3 aromatic rings. The molecule has 0 saturated heterocycles. The number of hydrogen-bond donors (Lipinski definition) is 1. The van der Waals surface area contributed by atoms with Gasteiger partial charge >= 0.3 is 0 Å². The van der Waals surface area contributed by atoms with Crippen molar-refractivity contribution in [3.8, 4) is 0 Å². The highest BCUT2D eigenvalue weighted by Gasteiger charge is 2.11. The van der Waals surface area contributed by atoms with Gasteiger partial charge in [-0.2, -0.15) is 4.98 Å². The molecule has 2 aromatic carbocycles. The van der Waals surface area contributed by atoms with Crippen LogP contribution in [0.1, 0.15) is 18.6 Å². The van der Waals surface area contributed by atoms with Gasteiger partial charge < -0.3 is 9.84 Å². The van der Waals surface area contributed by atoms with Gasteiger partial charge in [0.25, 0.3) is 0 Å². The van der Waals surface area contributed by atoms with Gasteiger partial charge in [-0.1, -0.05) is 41.0 Å². The van der Waals surface area contributed by atoms with Crippen LogP contribution in [0, 0.1) is 0 Å². The second-order valence-electron chi connectivity index (χ2n) is 5.38. The third kappa shape index (κ3) is 3.86. The normalized spacial score (nSPS) is 12.7. The summed E-state index contributed by atoms with van der Waals surface area (Å²) in [5.41, 5.74) is 0. The molecule has 0 aliphatic rings. The highest BCUT2D eigenvalue weighted by atomic mass is 35.5. The van der Waals surface area contributed by atoms with Crippen molar-refractivity contribution in [3.63, 3.8) is 0 Å². The fourth-order valence-electron chi connectivity index (χ4n) is 2.33. The summed E-state index contributed by atoms with van der Waals surface area (Å²) < 4.78 is 5.33. The van der Waals surface area contributed by atoms with E-state index in [1.807, 2.05) is 25.2 Å². The fraction of sp³-hybridized carbons (Fsp3) is 0.294. The monoisotopic (exact) mass is 347 g/mol. The number of rotatable bonds is 6. The summed E-state index contributed by atoms with van der Waals surface area (Å²) in [5.74, 6) is 2.00. The first kappa shape index (κ1) is 16.3. The third-order valence-corrected chi connectivity index (χ3v) is 5.02. The van der Waals surface area contributed by atoms with E-state index in [1.54, 1.807) is 11.8 Å². The Bertz CT molecular complexity index is 800. The molecular formula is C17H18ClN3OS. The molecule has 1 aromatic heterocycles. The molecule has 0 amide bonds. The molecule has 1 N–H and O–H groups in total. The Morgan fingerprint density at radius 1 is 1.26 bits per heavy atom. The Morgan fingerprint density at radius 3 is 2.83 bits per heavy atom. The summed E-state index contributed by atoms with van der Waals surface area (Å²) in [6, 6.07) is 12.4. The van der Waals surface area contributed by atoms with Gasteiger partial charge in [0.2, 0.25) is 5.89 Å². The number of nitrogens with one attached hydrogen (secondary N) is 1. The molecule has 23 heavy (non-hydrogen) atoms. The average molecular weight is 348 g/mol. The van der Waals surface area contributed by atoms with E-state index in [-0.39, 0.29) is 0 Å². The molecule has 0 saturated carbocycles. The van der Waals surface area contributed by atoms with Crippen LogP contribution in [0.2, 0.25) is 5.02 Å². The maximum atomic E-state index is 6.35. The van der Waals surface area contributed by atoms with E-state index in [1.165, 1.54) is 0 Å². The molecule has 120 valence electrons. The lowest BCUT2D eigenvalue weighted by atomic mass is 10.1. The number of likely N-dealkylation sites (N-methyl/N-ethyl adjacent to an activating group) is 1. The first-order valence-electron chi connectivity index (χ1n) is 7.46. The van der Waals surface area contributed by atoms with Crippen LogP contribution < -0.4 is 5.32 Å². The summed E-state index contributed by atoms with van der Waals surface area (Å²) in [7, 11) is 1.92. The van der Waals surface area contributed by atoms with Crippen LogP contribution in [-0.4, -0.2) is 23.2 Å². The van der Waals surface area contributed by atoms with Gasteiger partial charge in [-0.3, -0.25) is 0 Å². The second kappa shape index (κ2) is 7.34. The number of fused-ring (bicyclic) bond motifs is 1. The van der Waals surface area contributed by atoms with Crippen LogP contribution in [0.4, 0.5) is 0 Å². The predicted molar refractivity (Wildman–Crippen MR) is 95.0 cm³/mol. The lowest BCUT2D eigenvalue weighted by molar-refractivity contribution is 0.382. The van der Waals surface area contributed by atoms with Crippen LogP contribution in [0.25, 0.3) is 10.8 Å². The molecule has 1 atom stereocenters. The molecule has 6 heteroatoms. The maximum absolute atomic E-state index is 6.35. The zero-order valence-electron chi connectivity index (χ0n) is 13.0. The summed E-state index contributed by atoms with van der Waals surface area (Å²) in [6.45, 7) is 2.09. The molecule has 3 rings (SSSR count). The quantitative estimate of drug-likeness (QED) is 0.673. The van der Waals surface area contributed by atoms with Gasteiger partial charge in [-0.05, 0) is 31.5 Å². The van der Waals surface area contributed by atoms with Crippen molar-refractivity contribution in [1.29, 1.82) is 0 Å². The number of hydrogen-bond acceptors (Lipinski definition) is 5. The zero-order chi connectivity index (χ0) is 16.2. The molecule has 0 spiro atoms. The van der Waals surface area contributed by atoms with Gasteiger partial charge in [0.15, 0.2) is 5.82 Å². The van der Waals surface area contributed by atoms with Crippen molar-refractivity contribution in [1.82, 2.24) is 15.5 Å². The molecule has 4 nitrogen and oxygen atoms in total. The first-order chi connectivity index (χ1) is 11.2. The van der Waals surface area contributed by atoms with Crippen LogP contribution >= 0.6 is 23.4 Å². The Balaban J connectivity index is 1.74. The van der Waals surface area contributed by atoms with E-state index < -0.39 is 0 Å². The Kier molecular flexibility index (Phi) is 5.20. The van der Waals surface area contributed by atoms with Gasteiger partial charge in [-0.15, -0.1) is 11.8 Å². The number of halogens is 1. The Hall–Kier alpha value is -1.56. The molecule has 0 bridgehead atoms. The summed E-state index contributed by atoms with van der Waals surface area (Å²) in [6.07, 6.45) is 0.755. The topological polar surface area (TPSA) is 51.0 Å². The highest BCUT2D eigenvalue weighted by Crippen LogP contribution is 2.34. The van der Waals surface area contributed by atoms with Gasteiger partial charge in [0.1, 0.15) is 0 Å². The Labute approximate surface area is 144 Å². The predicted octanol–water partition coefficient (Wildman–Crippen LogP) is 4.32. The van der Waals surface area contributed by atoms with Crippen molar-refractivity contribution in [3.05, 3.63) is 53.1 Å². The number of aromatic nitrogens is 2. The first-order valence-corrected chi connectivity index (χ1v) is 8.82. The maximum Gasteiger partial charge on any atom is 0.237 e. The minimum atomic E-state index is 0.324. The molecule has 0 radical (unpaired) electrons. The molecule has 0 fully saturated rings. The molecule has 1 unspecified atom stereocenters. The van der Waals surface area contributed by atoms with Crippen molar-refractivity contribution in [2.45, 2.75) is 30.0 Å². The summed E-state index contributed by atoms with van der Waals surface area (Å²) >= 11 is 8.01. The Morgan fingerprint density at radius 2 is 2.04 bits per heavy atom. The molecular weight excluding hydrogens is 330 g/mol. The van der Waals surface area contributed by atoms with E-state index in [9.17, 15) is 0 Å². The average Bonchev–Trinajstić information content (AvgIpc) is 3.00. The zero-order valence-corrected chi connectivity index (χ0v) is 14.6. The van der Waals surface area contributed by atoms with Crippen molar-refractivity contribution < 1.29 is 4.52 Å². The van der Waals surface area contributed by atoms with Crippen LogP contribution in [-0.2, 0) is 12.2 Å². The largest absolute Gasteiger partial charge is 0.338 e. The SMILES string of the molecule is CNC(C)Cc1noc(CSc2cccc3cccc(Cl)c23)n1. The van der Waals surface area contributed by atoms with Crippen LogP contribution in [0.5, 0.6) is 0 Å². The standard InChI is InChI=1S/C17H18ClN3OS/c1-11(19-2)9-15-20-16(22-21-15)10-23-14-8-4-6-12-5-3-7-13(18)17(12)14/h3-8,11,19H,9-10H2,1-2H3. The van der Waals surface area contributed by atoms with E-state index in [2.05, 4.69) is 40.6 Å². The summed E-state index contributed by atoms with van der Waals surface area (Å²) in [5, 5.41) is 10.2. The van der Waals surface area contributed by atoms with Gasteiger partial charge in [-0.25, -0.2) is 0 Å². The highest BCUT2D eigenvalue weighted by molar-refractivity contribution is 7.98. The van der Waals surface area contributed by atoms with E-state index in [4.69, 9.17) is 16.1 Å². The van der Waals surface area contributed by atoms with Gasteiger partial charge in [0.05, 0.1) is 5.75 Å². The van der Waals surface area contributed by atoms with E-state index in [0.717, 1.165) is 32.9 Å². The van der Waals surface area contributed by atoms with Crippen LogP contribution in [0.15, 0.2) is 45.8 Å². The van der Waals surface area contributed by atoms with E-state index >= 15 is 0 Å². The smallest absolute Gasteiger partial charge is 0.237 e. The molecule has 1 heterocycles. The number of thioether (sulfide) groups is 1. The molecule has 0 aliphatic heterocycles. The van der Waals surface area contributed by atoms with Crippen molar-refractivity contribution in [2.24, 2.45) is 0 Å². The third-order valence-electron chi connectivity index (χ3n) is 3.66. The van der Waals surface area contributed by atoms with Crippen molar-refractivity contribution >= 4 is 34.1 Å². The van der Waals surface area contributed by atoms with Crippen LogP contribution in [0.3, 0.4) is 0 Å². The van der Waals surface area contributed by atoms with E-state index in [0.29, 0.717) is 17.7 Å². The minimum absolute atomic E-state index is 0.324. The molecule has 0 aliphatic carbocycles. The lowest BCUT2D eigenvalue weighted by Gasteiger charge is -2.06. The fourth-order valence-corrected chi connectivity index (χ4v) is 3.61. The summed E-state index contributed by atoms with van der Waals surface area (Å²) in [4.78, 5) is 5.57.